The van der Waals surface area contributed by atoms with Gasteiger partial charge in [-0.3, -0.25) is 14.9 Å². The molecule has 1 heterocycles. The number of carbonyl (C=O) groups excluding carboxylic acids is 1. The first kappa shape index (κ1) is 23.4. The molecule has 184 valence electrons. The molecule has 36 heavy (non-hydrogen) atoms. The summed E-state index contributed by atoms with van der Waals surface area (Å²) in [4.78, 5) is 25.2. The Balaban J connectivity index is 1.60. The van der Waals surface area contributed by atoms with E-state index in [-0.39, 0.29) is 23.8 Å². The molecule has 0 fully saturated rings. The monoisotopic (exact) mass is 485 g/mol. The van der Waals surface area contributed by atoms with Crippen LogP contribution in [-0.4, -0.2) is 24.4 Å². The Morgan fingerprint density at radius 3 is 2.50 bits per heavy atom. The van der Waals surface area contributed by atoms with Crippen LogP contribution in [0.1, 0.15) is 42.9 Å². The van der Waals surface area contributed by atoms with Gasteiger partial charge in [0.05, 0.1) is 41.6 Å². The molecule has 3 aromatic carbocycles. The summed E-state index contributed by atoms with van der Waals surface area (Å²) in [5.41, 5.74) is 4.32. The number of ether oxygens (including phenoxy) is 2. The van der Waals surface area contributed by atoms with Crippen LogP contribution in [0.2, 0.25) is 0 Å². The molecule has 0 saturated carbocycles. The van der Waals surface area contributed by atoms with E-state index in [1.54, 1.807) is 25.3 Å². The summed E-state index contributed by atoms with van der Waals surface area (Å²) in [6.45, 7) is 2.44. The summed E-state index contributed by atoms with van der Waals surface area (Å²) < 4.78 is 11.2. The van der Waals surface area contributed by atoms with Crippen LogP contribution in [0.5, 0.6) is 11.5 Å². The molecule has 1 aliphatic carbocycles. The smallest absolute Gasteiger partial charge is 0.275 e. The van der Waals surface area contributed by atoms with Crippen molar-refractivity contribution in [1.29, 1.82) is 0 Å². The number of hydrogen-bond donors (Lipinski definition) is 2. The predicted molar refractivity (Wildman–Crippen MR) is 138 cm³/mol. The summed E-state index contributed by atoms with van der Waals surface area (Å²) >= 11 is 0. The van der Waals surface area contributed by atoms with Crippen molar-refractivity contribution in [2.75, 3.05) is 24.4 Å². The van der Waals surface area contributed by atoms with E-state index < -0.39 is 11.0 Å². The van der Waals surface area contributed by atoms with E-state index in [9.17, 15) is 14.9 Å². The lowest BCUT2D eigenvalue weighted by atomic mass is 9.78. The summed E-state index contributed by atoms with van der Waals surface area (Å²) in [5.74, 6) is 1.16. The Hall–Kier alpha value is -4.33. The predicted octanol–water partition coefficient (Wildman–Crippen LogP) is 5.98. The molecule has 0 amide bonds. The number of methoxy groups -OCH3 is 1. The number of para-hydroxylation sites is 3. The van der Waals surface area contributed by atoms with E-state index >= 15 is 0 Å². The molecule has 0 bridgehead atoms. The van der Waals surface area contributed by atoms with Gasteiger partial charge in [-0.2, -0.15) is 0 Å². The molecule has 5 rings (SSSR count). The number of hydrogen-bond acceptors (Lipinski definition) is 7. The molecule has 8 nitrogen and oxygen atoms in total. The van der Waals surface area contributed by atoms with Crippen molar-refractivity contribution in [2.45, 2.75) is 31.7 Å². The maximum absolute atomic E-state index is 13.7. The molecule has 0 spiro atoms. The van der Waals surface area contributed by atoms with Gasteiger partial charge in [-0.05, 0) is 55.2 Å². The van der Waals surface area contributed by atoms with Gasteiger partial charge in [-0.1, -0.05) is 30.3 Å². The van der Waals surface area contributed by atoms with Crippen LogP contribution >= 0.6 is 0 Å². The van der Waals surface area contributed by atoms with E-state index in [0.29, 0.717) is 35.7 Å². The number of benzene rings is 3. The SMILES string of the molecule is CCOc1ccc([C@H]2CC(=O)C3=C(C2)Nc2ccccc2N[C@@H]3c2ccccc2[N+](=O)[O-])cc1OC. The van der Waals surface area contributed by atoms with Gasteiger partial charge in [-0.15, -0.1) is 0 Å². The Morgan fingerprint density at radius 2 is 1.75 bits per heavy atom. The number of Topliss-reactive ketones (excluding diaryl/α,β-unsaturated/α-hetero) is 1. The van der Waals surface area contributed by atoms with Crippen LogP contribution in [0.15, 0.2) is 78.0 Å². The zero-order chi connectivity index (χ0) is 25.2. The third-order valence-corrected chi connectivity index (χ3v) is 6.71. The highest BCUT2D eigenvalue weighted by Gasteiger charge is 2.38. The van der Waals surface area contributed by atoms with E-state index in [1.807, 2.05) is 49.4 Å². The summed E-state index contributed by atoms with van der Waals surface area (Å²) in [7, 11) is 1.60. The van der Waals surface area contributed by atoms with Crippen molar-refractivity contribution >= 4 is 22.8 Å². The zero-order valence-electron chi connectivity index (χ0n) is 20.1. The molecule has 8 heteroatoms. The lowest BCUT2D eigenvalue weighted by Crippen LogP contribution is -2.27. The van der Waals surface area contributed by atoms with Crippen LogP contribution in [0.4, 0.5) is 17.1 Å². The summed E-state index contributed by atoms with van der Waals surface area (Å²) in [6.07, 6.45) is 0.859. The highest BCUT2D eigenvalue weighted by Crippen LogP contribution is 2.46. The van der Waals surface area contributed by atoms with Gasteiger partial charge in [0.2, 0.25) is 0 Å². The minimum absolute atomic E-state index is 0.0209. The third-order valence-electron chi connectivity index (χ3n) is 6.71. The van der Waals surface area contributed by atoms with E-state index in [0.717, 1.165) is 22.6 Å². The first-order valence-corrected chi connectivity index (χ1v) is 11.9. The Kier molecular flexibility index (Phi) is 6.33. The molecule has 3 aromatic rings. The van der Waals surface area contributed by atoms with E-state index in [4.69, 9.17) is 9.47 Å². The third kappa shape index (κ3) is 4.26. The highest BCUT2D eigenvalue weighted by molar-refractivity contribution is 6.01. The molecular formula is C28H27N3O5. The van der Waals surface area contributed by atoms with Gasteiger partial charge in [0, 0.05) is 23.8 Å². The number of nitro benzene ring substituents is 1. The second-order valence-electron chi connectivity index (χ2n) is 8.83. The maximum atomic E-state index is 13.7. The first-order chi connectivity index (χ1) is 17.5. The fourth-order valence-corrected chi connectivity index (χ4v) is 5.07. The van der Waals surface area contributed by atoms with Gasteiger partial charge in [0.25, 0.3) is 5.69 Å². The molecule has 2 N–H and O–H groups in total. The summed E-state index contributed by atoms with van der Waals surface area (Å²) in [5, 5.41) is 18.7. The number of ketones is 1. The largest absolute Gasteiger partial charge is 0.493 e. The van der Waals surface area contributed by atoms with Crippen molar-refractivity contribution in [2.24, 2.45) is 0 Å². The average Bonchev–Trinajstić information content (AvgIpc) is 3.06. The number of fused-ring (bicyclic) bond motifs is 1. The Morgan fingerprint density at radius 1 is 1.00 bits per heavy atom. The molecule has 0 saturated heterocycles. The molecule has 1 aliphatic heterocycles. The zero-order valence-corrected chi connectivity index (χ0v) is 20.1. The average molecular weight is 486 g/mol. The normalized spacial score (nSPS) is 18.8. The molecule has 0 unspecified atom stereocenters. The minimum Gasteiger partial charge on any atom is -0.493 e. The number of rotatable bonds is 6. The lowest BCUT2D eigenvalue weighted by Gasteiger charge is -2.30. The maximum Gasteiger partial charge on any atom is 0.275 e. The number of nitro groups is 1. The second kappa shape index (κ2) is 9.73. The fourth-order valence-electron chi connectivity index (χ4n) is 5.07. The standard InChI is InChI=1S/C28H27N3O5/c1-3-36-25-13-12-17(16-26(25)35-2)18-14-22-27(24(32)15-18)28(19-8-4-7-11-23(19)31(33)34)30-21-10-6-5-9-20(21)29-22/h4-13,16,18,28-30H,3,14-15H2,1-2H3/t18-,28-/m1/s1. The van der Waals surface area contributed by atoms with E-state index in [2.05, 4.69) is 10.6 Å². The lowest BCUT2D eigenvalue weighted by molar-refractivity contribution is -0.385. The van der Waals surface area contributed by atoms with Crippen LogP contribution in [0.3, 0.4) is 0 Å². The van der Waals surface area contributed by atoms with Crippen molar-refractivity contribution in [1.82, 2.24) is 0 Å². The van der Waals surface area contributed by atoms with Crippen LogP contribution in [-0.2, 0) is 4.79 Å². The van der Waals surface area contributed by atoms with Crippen molar-refractivity contribution < 1.29 is 19.2 Å². The Labute approximate surface area is 209 Å². The van der Waals surface area contributed by atoms with Gasteiger partial charge in [0.1, 0.15) is 0 Å². The highest BCUT2D eigenvalue weighted by atomic mass is 16.6. The molecule has 0 aromatic heterocycles. The topological polar surface area (TPSA) is 103 Å². The van der Waals surface area contributed by atoms with Gasteiger partial charge >= 0.3 is 0 Å². The number of carbonyl (C=O) groups is 1. The Bertz CT molecular complexity index is 1370. The van der Waals surface area contributed by atoms with Crippen molar-refractivity contribution in [3.05, 3.63) is 99.2 Å². The quantitative estimate of drug-likeness (QED) is 0.327. The minimum atomic E-state index is -0.652. The van der Waals surface area contributed by atoms with Crippen molar-refractivity contribution in [3.8, 4) is 11.5 Å². The molecule has 2 atom stereocenters. The van der Waals surface area contributed by atoms with Gasteiger partial charge in [-0.25, -0.2) is 0 Å². The number of allylic oxidation sites excluding steroid dienone is 1. The number of nitrogens with zero attached hydrogens (tertiary/aromatic N) is 1. The van der Waals surface area contributed by atoms with E-state index in [1.165, 1.54) is 6.07 Å². The van der Waals surface area contributed by atoms with Gasteiger partial charge < -0.3 is 20.1 Å². The number of nitrogens with one attached hydrogen (secondary N) is 2. The van der Waals surface area contributed by atoms with Crippen LogP contribution < -0.4 is 20.1 Å². The fraction of sp³-hybridized carbons (Fsp3) is 0.250. The number of anilines is 2. The molecular weight excluding hydrogens is 458 g/mol. The molecule has 2 aliphatic rings. The first-order valence-electron chi connectivity index (χ1n) is 11.9. The molecule has 0 radical (unpaired) electrons. The second-order valence-corrected chi connectivity index (χ2v) is 8.83. The van der Waals surface area contributed by atoms with Crippen LogP contribution in [0, 0.1) is 10.1 Å². The van der Waals surface area contributed by atoms with Crippen LogP contribution in [0.25, 0.3) is 0 Å². The summed E-state index contributed by atoms with van der Waals surface area (Å²) in [6, 6.07) is 19.4. The van der Waals surface area contributed by atoms with Crippen molar-refractivity contribution in [3.63, 3.8) is 0 Å². The van der Waals surface area contributed by atoms with Gasteiger partial charge in [0.15, 0.2) is 17.3 Å².